The van der Waals surface area contributed by atoms with E-state index in [4.69, 9.17) is 9.47 Å². The van der Waals surface area contributed by atoms with E-state index in [0.29, 0.717) is 30.6 Å². The summed E-state index contributed by atoms with van der Waals surface area (Å²) in [5, 5.41) is 47.7. The van der Waals surface area contributed by atoms with Crippen molar-refractivity contribution >= 4 is 17.7 Å². The standard InChI is InChI=1S/C25H42N2O7S/c1-13(2)8-14-6-7-33-22-16(9-14)10-26-18(22)24(32)27-17-5-3-4-15(11-28)12-35-25-21(31)19(29)20(30)23(17)34-25/h3-4,13-23,25-26,28-31H,5-12H2,1-2H3,(H,27,32)/b4-3+/t14-,15+,16-,17+,18-,19+,20?,21+,22+,23+,25?/m0/s1. The number of rotatable bonds is 5. The number of nitrogens with one attached hydrogen (secondary N) is 2. The van der Waals surface area contributed by atoms with Crippen molar-refractivity contribution in [3.8, 4) is 0 Å². The van der Waals surface area contributed by atoms with Gasteiger partial charge in [0, 0.05) is 24.8 Å². The first-order chi connectivity index (χ1) is 16.8. The van der Waals surface area contributed by atoms with Gasteiger partial charge >= 0.3 is 0 Å². The molecule has 4 aliphatic heterocycles. The zero-order valence-corrected chi connectivity index (χ0v) is 21.5. The second-order valence-electron chi connectivity index (χ2n) is 11.0. The predicted molar refractivity (Wildman–Crippen MR) is 133 cm³/mol. The Morgan fingerprint density at radius 1 is 1.20 bits per heavy atom. The van der Waals surface area contributed by atoms with Gasteiger partial charge in [-0.3, -0.25) is 4.79 Å². The third-order valence-corrected chi connectivity index (χ3v) is 9.13. The molecule has 10 heteroatoms. The van der Waals surface area contributed by atoms with E-state index in [0.717, 1.165) is 25.8 Å². The van der Waals surface area contributed by atoms with Gasteiger partial charge in [0.2, 0.25) is 5.91 Å². The van der Waals surface area contributed by atoms with E-state index in [2.05, 4.69) is 24.5 Å². The van der Waals surface area contributed by atoms with Crippen molar-refractivity contribution in [3.63, 3.8) is 0 Å². The summed E-state index contributed by atoms with van der Waals surface area (Å²) in [5.74, 6) is 1.67. The molecule has 4 aliphatic rings. The molecule has 0 aromatic rings. The number of carbonyl (C=O) groups is 1. The van der Waals surface area contributed by atoms with Crippen molar-refractivity contribution in [1.29, 1.82) is 0 Å². The minimum atomic E-state index is -1.39. The summed E-state index contributed by atoms with van der Waals surface area (Å²) in [4.78, 5) is 13.5. The number of fused-ring (bicyclic) bond motifs is 3. The van der Waals surface area contributed by atoms with Gasteiger partial charge in [0.15, 0.2) is 0 Å². The van der Waals surface area contributed by atoms with E-state index in [1.807, 2.05) is 12.2 Å². The smallest absolute Gasteiger partial charge is 0.240 e. The third kappa shape index (κ3) is 6.41. The number of aliphatic hydroxyl groups is 4. The SMILES string of the molecule is CC(C)C[C@@H]1CCO[C@@H]2[C@H](CN[C@@H]2C(=O)N[C@@H]2C/C=C/[C@H](CO)CSC3O[C@H]2C(O)[C@@H](O)[C@H]3O)C1. The molecule has 0 spiro atoms. The van der Waals surface area contributed by atoms with Crippen molar-refractivity contribution in [3.05, 3.63) is 12.2 Å². The quantitative estimate of drug-likeness (QED) is 0.280. The van der Waals surface area contributed by atoms with Gasteiger partial charge in [-0.2, -0.15) is 0 Å². The fourth-order valence-electron chi connectivity index (χ4n) is 5.97. The molecular weight excluding hydrogens is 472 g/mol. The van der Waals surface area contributed by atoms with Crippen molar-refractivity contribution in [2.45, 2.75) is 87.6 Å². The van der Waals surface area contributed by atoms with Crippen LogP contribution in [0.25, 0.3) is 0 Å². The van der Waals surface area contributed by atoms with Crippen LogP contribution in [-0.4, -0.2) is 99.9 Å². The molecule has 0 radical (unpaired) electrons. The van der Waals surface area contributed by atoms with E-state index >= 15 is 0 Å². The minimum Gasteiger partial charge on any atom is -0.396 e. The summed E-state index contributed by atoms with van der Waals surface area (Å²) >= 11 is 1.29. The van der Waals surface area contributed by atoms with Crippen LogP contribution in [0.3, 0.4) is 0 Å². The molecule has 0 aliphatic carbocycles. The summed E-state index contributed by atoms with van der Waals surface area (Å²) in [6.07, 6.45) is 2.28. The number of hydrogen-bond acceptors (Lipinski definition) is 9. The number of amides is 1. The highest BCUT2D eigenvalue weighted by atomic mass is 32.2. The van der Waals surface area contributed by atoms with E-state index in [1.54, 1.807) is 0 Å². The van der Waals surface area contributed by atoms with Gasteiger partial charge in [0.05, 0.1) is 18.8 Å². The fourth-order valence-corrected chi connectivity index (χ4v) is 7.19. The molecule has 0 aromatic heterocycles. The maximum Gasteiger partial charge on any atom is 0.240 e. The summed E-state index contributed by atoms with van der Waals surface area (Å²) in [5.41, 5.74) is -0.768. The van der Waals surface area contributed by atoms with Gasteiger partial charge in [-0.05, 0) is 43.4 Å². The Hall–Kier alpha value is -0.720. The van der Waals surface area contributed by atoms with Crippen molar-refractivity contribution < 1.29 is 34.7 Å². The van der Waals surface area contributed by atoms with Gasteiger partial charge in [-0.1, -0.05) is 26.0 Å². The van der Waals surface area contributed by atoms with E-state index in [9.17, 15) is 25.2 Å². The maximum absolute atomic E-state index is 13.5. The summed E-state index contributed by atoms with van der Waals surface area (Å²) in [6.45, 7) is 5.80. The van der Waals surface area contributed by atoms with Crippen LogP contribution in [0.2, 0.25) is 0 Å². The van der Waals surface area contributed by atoms with Crippen molar-refractivity contribution in [2.24, 2.45) is 23.7 Å². The van der Waals surface area contributed by atoms with Crippen LogP contribution < -0.4 is 10.6 Å². The molecule has 11 atom stereocenters. The molecular formula is C25H42N2O7S. The van der Waals surface area contributed by atoms with Gasteiger partial charge in [-0.25, -0.2) is 0 Å². The Balaban J connectivity index is 1.47. The Morgan fingerprint density at radius 3 is 2.74 bits per heavy atom. The van der Waals surface area contributed by atoms with E-state index < -0.39 is 41.9 Å². The molecule has 3 fully saturated rings. The maximum atomic E-state index is 13.5. The fraction of sp³-hybridized carbons (Fsp3) is 0.880. The van der Waals surface area contributed by atoms with Crippen LogP contribution in [-0.2, 0) is 14.3 Å². The Morgan fingerprint density at radius 2 is 2.00 bits per heavy atom. The number of aliphatic hydroxyl groups excluding tert-OH is 4. The molecule has 2 bridgehead atoms. The Labute approximate surface area is 212 Å². The zero-order chi connectivity index (χ0) is 25.1. The third-order valence-electron chi connectivity index (χ3n) is 7.79. The Bertz CT molecular complexity index is 741. The summed E-state index contributed by atoms with van der Waals surface area (Å²) < 4.78 is 12.2. The lowest BCUT2D eigenvalue weighted by Crippen LogP contribution is -2.64. The first-order valence-corrected chi connectivity index (χ1v) is 14.1. The Kier molecular flexibility index (Phi) is 9.53. The molecule has 1 amide bonds. The average Bonchev–Trinajstić information content (AvgIpc) is 3.11. The number of thioether (sulfide) groups is 1. The van der Waals surface area contributed by atoms with Crippen molar-refractivity contribution in [1.82, 2.24) is 10.6 Å². The van der Waals surface area contributed by atoms with Gasteiger partial charge in [0.25, 0.3) is 0 Å². The highest BCUT2D eigenvalue weighted by molar-refractivity contribution is 7.99. The number of carbonyl (C=O) groups excluding carboxylic acids is 1. The van der Waals surface area contributed by atoms with Crippen LogP contribution in [0.15, 0.2) is 12.2 Å². The van der Waals surface area contributed by atoms with Crippen LogP contribution >= 0.6 is 11.8 Å². The monoisotopic (exact) mass is 514 g/mol. The van der Waals surface area contributed by atoms with Crippen LogP contribution in [0.1, 0.15) is 39.5 Å². The van der Waals surface area contributed by atoms with Crippen LogP contribution in [0.4, 0.5) is 0 Å². The largest absolute Gasteiger partial charge is 0.396 e. The average molecular weight is 515 g/mol. The molecule has 200 valence electrons. The number of ether oxygens (including phenoxy) is 2. The summed E-state index contributed by atoms with van der Waals surface area (Å²) in [6, 6.07) is -1.11. The van der Waals surface area contributed by atoms with Crippen LogP contribution in [0.5, 0.6) is 0 Å². The van der Waals surface area contributed by atoms with Gasteiger partial charge < -0.3 is 40.5 Å². The molecule has 2 unspecified atom stereocenters. The van der Waals surface area contributed by atoms with Gasteiger partial charge in [-0.15, -0.1) is 11.8 Å². The van der Waals surface area contributed by atoms with E-state index in [-0.39, 0.29) is 30.5 Å². The highest BCUT2D eigenvalue weighted by Gasteiger charge is 2.49. The normalized spacial score (nSPS) is 45.4. The highest BCUT2D eigenvalue weighted by Crippen LogP contribution is 2.35. The minimum absolute atomic E-state index is 0.0534. The zero-order valence-electron chi connectivity index (χ0n) is 20.7. The van der Waals surface area contributed by atoms with Gasteiger partial charge in [0.1, 0.15) is 35.9 Å². The molecule has 4 rings (SSSR count). The van der Waals surface area contributed by atoms with E-state index in [1.165, 1.54) is 11.8 Å². The molecule has 6 N–H and O–H groups in total. The molecule has 9 nitrogen and oxygen atoms in total. The molecule has 4 heterocycles. The second kappa shape index (κ2) is 12.2. The second-order valence-corrected chi connectivity index (χ2v) is 12.1. The summed E-state index contributed by atoms with van der Waals surface area (Å²) in [7, 11) is 0. The number of hydrogen-bond donors (Lipinski definition) is 6. The topological polar surface area (TPSA) is 141 Å². The lowest BCUT2D eigenvalue weighted by molar-refractivity contribution is -0.205. The molecule has 0 saturated carbocycles. The lowest BCUT2D eigenvalue weighted by Gasteiger charge is -2.44. The first-order valence-electron chi connectivity index (χ1n) is 13.0. The lowest BCUT2D eigenvalue weighted by atomic mass is 9.85. The van der Waals surface area contributed by atoms with Crippen molar-refractivity contribution in [2.75, 3.05) is 25.5 Å². The molecule has 35 heavy (non-hydrogen) atoms. The predicted octanol–water partition coefficient (Wildman–Crippen LogP) is 0.00970. The first kappa shape index (κ1) is 27.3. The van der Waals surface area contributed by atoms with Crippen LogP contribution in [0, 0.1) is 23.7 Å². The molecule has 0 aromatic carbocycles. The molecule has 3 saturated heterocycles.